The van der Waals surface area contributed by atoms with Crippen molar-refractivity contribution in [2.75, 3.05) is 0 Å². The number of halogens is 3. The average molecular weight is 459 g/mol. The Balaban J connectivity index is 1.67. The second-order valence-electron chi connectivity index (χ2n) is 7.31. The molecule has 0 amide bonds. The number of pyridine rings is 1. The first-order chi connectivity index (χ1) is 15.2. The number of imidazole rings is 1. The van der Waals surface area contributed by atoms with Gasteiger partial charge >= 0.3 is 6.18 Å². The van der Waals surface area contributed by atoms with Crippen molar-refractivity contribution < 1.29 is 21.6 Å². The summed E-state index contributed by atoms with van der Waals surface area (Å²) in [6, 6.07) is 14.5. The lowest BCUT2D eigenvalue weighted by Gasteiger charge is -2.20. The molecule has 5 nitrogen and oxygen atoms in total. The highest BCUT2D eigenvalue weighted by Gasteiger charge is 2.37. The van der Waals surface area contributed by atoms with Gasteiger partial charge < -0.3 is 4.40 Å². The Labute approximate surface area is 183 Å². The number of aromatic nitrogens is 2. The van der Waals surface area contributed by atoms with E-state index in [-0.39, 0.29) is 0 Å². The van der Waals surface area contributed by atoms with Gasteiger partial charge in [0, 0.05) is 24.6 Å². The van der Waals surface area contributed by atoms with Crippen molar-refractivity contribution in [3.8, 4) is 11.1 Å². The highest BCUT2D eigenvalue weighted by molar-refractivity contribution is 7.89. The van der Waals surface area contributed by atoms with E-state index in [0.29, 0.717) is 12.0 Å². The number of rotatable bonds is 6. The van der Waals surface area contributed by atoms with Crippen molar-refractivity contribution in [2.24, 2.45) is 0 Å². The molecular weight excluding hydrogens is 439 g/mol. The fourth-order valence-electron chi connectivity index (χ4n) is 3.60. The fraction of sp³-hybridized carbons (Fsp3) is 0.174. The minimum Gasteiger partial charge on any atom is -0.306 e. The minimum atomic E-state index is -4.78. The first-order valence-electron chi connectivity index (χ1n) is 9.90. The molecule has 0 saturated carbocycles. The molecule has 2 heterocycles. The molecule has 0 spiro atoms. The molecule has 0 radical (unpaired) electrons. The molecule has 32 heavy (non-hydrogen) atoms. The van der Waals surface area contributed by atoms with Gasteiger partial charge in [0.2, 0.25) is 10.0 Å². The van der Waals surface area contributed by atoms with E-state index in [1.807, 2.05) is 41.1 Å². The predicted molar refractivity (Wildman–Crippen MR) is 115 cm³/mol. The van der Waals surface area contributed by atoms with Crippen LogP contribution in [-0.2, 0) is 16.2 Å². The Kier molecular flexibility index (Phi) is 5.79. The van der Waals surface area contributed by atoms with Gasteiger partial charge in [-0.15, -0.1) is 0 Å². The highest BCUT2D eigenvalue weighted by atomic mass is 32.2. The van der Waals surface area contributed by atoms with Crippen molar-refractivity contribution in [3.63, 3.8) is 0 Å². The lowest BCUT2D eigenvalue weighted by Crippen LogP contribution is -2.30. The Hall–Kier alpha value is -3.17. The maximum absolute atomic E-state index is 13.4. The lowest BCUT2D eigenvalue weighted by molar-refractivity contribution is -0.139. The number of nitrogens with one attached hydrogen (secondary N) is 1. The molecular formula is C23H20F3N3O2S. The van der Waals surface area contributed by atoms with Crippen LogP contribution in [0.4, 0.5) is 13.2 Å². The number of benzene rings is 2. The highest BCUT2D eigenvalue weighted by Crippen LogP contribution is 2.35. The van der Waals surface area contributed by atoms with Crippen LogP contribution in [0.15, 0.2) is 84.1 Å². The van der Waals surface area contributed by atoms with E-state index >= 15 is 0 Å². The molecule has 0 saturated heterocycles. The summed E-state index contributed by atoms with van der Waals surface area (Å²) >= 11 is 0. The quantitative estimate of drug-likeness (QED) is 0.417. The first kappa shape index (κ1) is 22.0. The van der Waals surface area contributed by atoms with Gasteiger partial charge in [-0.2, -0.15) is 13.2 Å². The molecule has 0 aliphatic carbocycles. The number of hydrogen-bond donors (Lipinski definition) is 1. The summed E-state index contributed by atoms with van der Waals surface area (Å²) in [5, 5.41) is 0. The SMILES string of the molecule is CC[C@H](NS(=O)(=O)c1ccccc1C(F)(F)F)c1cccc(-c2ccc3nccn3c2)c1. The molecule has 0 unspecified atom stereocenters. The summed E-state index contributed by atoms with van der Waals surface area (Å²) in [5.74, 6) is 0. The Morgan fingerprint density at radius 1 is 1.03 bits per heavy atom. The molecule has 0 bridgehead atoms. The molecule has 9 heteroatoms. The third kappa shape index (κ3) is 4.39. The zero-order chi connectivity index (χ0) is 22.9. The summed E-state index contributed by atoms with van der Waals surface area (Å²) in [4.78, 5) is 3.43. The van der Waals surface area contributed by atoms with Gasteiger partial charge in [0.25, 0.3) is 0 Å². The van der Waals surface area contributed by atoms with Crippen molar-refractivity contribution in [3.05, 3.63) is 90.4 Å². The Morgan fingerprint density at radius 3 is 2.56 bits per heavy atom. The van der Waals surface area contributed by atoms with Gasteiger partial charge in [-0.1, -0.05) is 37.3 Å². The fourth-order valence-corrected chi connectivity index (χ4v) is 5.13. The second-order valence-corrected chi connectivity index (χ2v) is 8.99. The lowest BCUT2D eigenvalue weighted by atomic mass is 9.99. The van der Waals surface area contributed by atoms with Crippen LogP contribution >= 0.6 is 0 Å². The molecule has 166 valence electrons. The molecule has 1 atom stereocenters. The van der Waals surface area contributed by atoms with E-state index in [4.69, 9.17) is 0 Å². The Bertz CT molecular complexity index is 1360. The van der Waals surface area contributed by atoms with Crippen molar-refractivity contribution in [1.29, 1.82) is 0 Å². The van der Waals surface area contributed by atoms with Crippen molar-refractivity contribution in [2.45, 2.75) is 30.5 Å². The zero-order valence-corrected chi connectivity index (χ0v) is 17.9. The maximum atomic E-state index is 13.4. The van der Waals surface area contributed by atoms with E-state index in [0.717, 1.165) is 28.9 Å². The third-order valence-electron chi connectivity index (χ3n) is 5.20. The standard InChI is InChI=1S/C23H20F3N3O2S/c1-2-20(28-32(30,31)21-9-4-3-8-19(21)23(24,25)26)17-7-5-6-16(14-17)18-10-11-22-27-12-13-29(22)15-18/h3-15,20,28H,2H2,1H3/t20-/m0/s1. The minimum absolute atomic E-state index is 0.359. The number of sulfonamides is 1. The Morgan fingerprint density at radius 2 is 1.81 bits per heavy atom. The topological polar surface area (TPSA) is 63.5 Å². The summed E-state index contributed by atoms with van der Waals surface area (Å²) in [7, 11) is -4.41. The first-order valence-corrected chi connectivity index (χ1v) is 11.4. The smallest absolute Gasteiger partial charge is 0.306 e. The number of hydrogen-bond acceptors (Lipinski definition) is 3. The van der Waals surface area contributed by atoms with Gasteiger partial charge in [-0.25, -0.2) is 18.1 Å². The van der Waals surface area contributed by atoms with Crippen molar-refractivity contribution in [1.82, 2.24) is 14.1 Å². The normalized spacial score (nSPS) is 13.4. The summed E-state index contributed by atoms with van der Waals surface area (Å²) in [6.07, 6.45) is 1.00. The van der Waals surface area contributed by atoms with Gasteiger partial charge in [0.05, 0.1) is 10.5 Å². The molecule has 2 aromatic carbocycles. The van der Waals surface area contributed by atoms with E-state index in [2.05, 4.69) is 9.71 Å². The average Bonchev–Trinajstić information content (AvgIpc) is 3.25. The molecule has 0 aliphatic heterocycles. The molecule has 1 N–H and O–H groups in total. The van der Waals surface area contributed by atoms with E-state index in [9.17, 15) is 21.6 Å². The monoisotopic (exact) mass is 459 g/mol. The maximum Gasteiger partial charge on any atom is 0.417 e. The van der Waals surface area contributed by atoms with Crippen LogP contribution in [0.25, 0.3) is 16.8 Å². The second kappa shape index (κ2) is 8.40. The number of nitrogens with zero attached hydrogens (tertiary/aromatic N) is 2. The molecule has 0 aliphatic rings. The third-order valence-corrected chi connectivity index (χ3v) is 6.73. The predicted octanol–water partition coefficient (Wildman–Crippen LogP) is 5.45. The van der Waals surface area contributed by atoms with Crippen LogP contribution in [0.2, 0.25) is 0 Å². The van der Waals surface area contributed by atoms with Crippen LogP contribution in [0, 0.1) is 0 Å². The number of alkyl halides is 3. The molecule has 4 aromatic rings. The zero-order valence-electron chi connectivity index (χ0n) is 17.0. The van der Waals surface area contributed by atoms with Gasteiger partial charge in [0.1, 0.15) is 5.65 Å². The van der Waals surface area contributed by atoms with Crippen LogP contribution in [0.3, 0.4) is 0 Å². The van der Waals surface area contributed by atoms with Gasteiger partial charge in [-0.05, 0) is 53.4 Å². The van der Waals surface area contributed by atoms with Crippen LogP contribution in [0.1, 0.15) is 30.5 Å². The molecule has 4 rings (SSSR count). The van der Waals surface area contributed by atoms with E-state index in [1.54, 1.807) is 25.3 Å². The van der Waals surface area contributed by atoms with Crippen molar-refractivity contribution >= 4 is 15.7 Å². The van der Waals surface area contributed by atoms with E-state index in [1.165, 1.54) is 12.1 Å². The largest absolute Gasteiger partial charge is 0.417 e. The van der Waals surface area contributed by atoms with Crippen LogP contribution in [0.5, 0.6) is 0 Å². The van der Waals surface area contributed by atoms with Crippen LogP contribution in [-0.4, -0.2) is 17.8 Å². The summed E-state index contributed by atoms with van der Waals surface area (Å²) in [5.41, 5.74) is 2.02. The summed E-state index contributed by atoms with van der Waals surface area (Å²) in [6.45, 7) is 1.77. The van der Waals surface area contributed by atoms with Crippen LogP contribution < -0.4 is 4.72 Å². The van der Waals surface area contributed by atoms with Gasteiger partial charge in [0.15, 0.2) is 0 Å². The molecule has 0 fully saturated rings. The van der Waals surface area contributed by atoms with E-state index < -0.39 is 32.7 Å². The number of fused-ring (bicyclic) bond motifs is 1. The van der Waals surface area contributed by atoms with Gasteiger partial charge in [-0.3, -0.25) is 0 Å². The molecule has 2 aromatic heterocycles. The summed E-state index contributed by atoms with van der Waals surface area (Å²) < 4.78 is 70.2.